The van der Waals surface area contributed by atoms with Crippen molar-refractivity contribution in [3.05, 3.63) is 88.5 Å². The number of hydrogen-bond donors (Lipinski definition) is 2. The van der Waals surface area contributed by atoms with Gasteiger partial charge in [-0.15, -0.1) is 0 Å². The summed E-state index contributed by atoms with van der Waals surface area (Å²) in [4.78, 5) is 22.0. The van der Waals surface area contributed by atoms with E-state index in [-0.39, 0.29) is 32.0 Å². The Labute approximate surface area is 215 Å². The summed E-state index contributed by atoms with van der Waals surface area (Å²) in [5, 5.41) is 0. The van der Waals surface area contributed by atoms with Gasteiger partial charge >= 0.3 is 6.18 Å². The molecule has 1 amide bonds. The summed E-state index contributed by atoms with van der Waals surface area (Å²) in [6, 6.07) is 15.3. The SMILES string of the molecule is C.NC(=O)Cc1ccccc1CCc1nc(Cc2ccc(N3CCC(N)CC3)cc2)ncc1C(F)(F)F. The Morgan fingerprint density at radius 3 is 2.27 bits per heavy atom. The first-order chi connectivity index (χ1) is 17.2. The van der Waals surface area contributed by atoms with Crippen molar-refractivity contribution in [2.24, 2.45) is 11.5 Å². The lowest BCUT2D eigenvalue weighted by Gasteiger charge is -2.32. The number of amides is 1. The lowest BCUT2D eigenvalue weighted by atomic mass is 9.98. The molecule has 0 aliphatic carbocycles. The molecule has 6 nitrogen and oxygen atoms in total. The number of benzene rings is 2. The number of hydrogen-bond acceptors (Lipinski definition) is 5. The van der Waals surface area contributed by atoms with E-state index >= 15 is 0 Å². The zero-order valence-corrected chi connectivity index (χ0v) is 20.0. The van der Waals surface area contributed by atoms with E-state index in [9.17, 15) is 18.0 Å². The summed E-state index contributed by atoms with van der Waals surface area (Å²) >= 11 is 0. The molecule has 1 aliphatic heterocycles. The van der Waals surface area contributed by atoms with Crippen LogP contribution < -0.4 is 16.4 Å². The van der Waals surface area contributed by atoms with Crippen LogP contribution in [0.5, 0.6) is 0 Å². The Hall–Kier alpha value is -3.46. The van der Waals surface area contributed by atoms with Crippen molar-refractivity contribution in [1.29, 1.82) is 0 Å². The van der Waals surface area contributed by atoms with Crippen molar-refractivity contribution in [3.63, 3.8) is 0 Å². The Morgan fingerprint density at radius 2 is 1.65 bits per heavy atom. The molecular weight excluding hydrogens is 479 g/mol. The van der Waals surface area contributed by atoms with Gasteiger partial charge in [0, 0.05) is 37.4 Å². The molecule has 0 unspecified atom stereocenters. The molecule has 0 bridgehead atoms. The van der Waals surface area contributed by atoms with Crippen molar-refractivity contribution >= 4 is 11.6 Å². The van der Waals surface area contributed by atoms with Crippen LogP contribution in [-0.4, -0.2) is 35.0 Å². The van der Waals surface area contributed by atoms with Gasteiger partial charge < -0.3 is 16.4 Å². The van der Waals surface area contributed by atoms with Gasteiger partial charge in [-0.2, -0.15) is 13.2 Å². The van der Waals surface area contributed by atoms with Crippen LogP contribution in [0.25, 0.3) is 0 Å². The zero-order chi connectivity index (χ0) is 25.7. The lowest BCUT2D eigenvalue weighted by molar-refractivity contribution is -0.138. The molecule has 2 heterocycles. The molecule has 0 radical (unpaired) electrons. The van der Waals surface area contributed by atoms with Crippen LogP contribution >= 0.6 is 0 Å². The third-order valence-corrected chi connectivity index (χ3v) is 6.54. The monoisotopic (exact) mass is 513 g/mol. The number of halogens is 3. The molecule has 9 heteroatoms. The van der Waals surface area contributed by atoms with Gasteiger partial charge in [0.25, 0.3) is 0 Å². The summed E-state index contributed by atoms with van der Waals surface area (Å²) in [6.07, 6.45) is -1.04. The minimum absolute atomic E-state index is 0. The maximum Gasteiger partial charge on any atom is 0.419 e. The second kappa shape index (κ2) is 12.2. The lowest BCUT2D eigenvalue weighted by Crippen LogP contribution is -2.39. The number of nitrogens with zero attached hydrogens (tertiary/aromatic N) is 3. The highest BCUT2D eigenvalue weighted by Gasteiger charge is 2.34. The molecule has 3 aromatic rings. The van der Waals surface area contributed by atoms with Crippen molar-refractivity contribution < 1.29 is 18.0 Å². The number of aromatic nitrogens is 2. The van der Waals surface area contributed by atoms with E-state index < -0.39 is 17.6 Å². The van der Waals surface area contributed by atoms with E-state index in [0.29, 0.717) is 24.2 Å². The highest BCUT2D eigenvalue weighted by Crippen LogP contribution is 2.32. The first-order valence-corrected chi connectivity index (χ1v) is 12.1. The van der Waals surface area contributed by atoms with Crippen LogP contribution in [0.2, 0.25) is 0 Å². The first-order valence-electron chi connectivity index (χ1n) is 12.1. The number of carbonyl (C=O) groups is 1. The van der Waals surface area contributed by atoms with Gasteiger partial charge in [-0.05, 0) is 54.5 Å². The highest BCUT2D eigenvalue weighted by molar-refractivity contribution is 5.77. The Balaban J connectivity index is 0.00000380. The molecule has 1 aromatic heterocycles. The molecule has 0 saturated carbocycles. The molecule has 4 rings (SSSR count). The number of aryl methyl sites for hydroxylation is 2. The molecule has 2 aromatic carbocycles. The first kappa shape index (κ1) is 28.1. The van der Waals surface area contributed by atoms with Crippen molar-refractivity contribution in [2.45, 2.75) is 58.2 Å². The summed E-state index contributed by atoms with van der Waals surface area (Å²) in [7, 11) is 0. The molecule has 0 spiro atoms. The minimum atomic E-state index is -4.56. The van der Waals surface area contributed by atoms with E-state index in [2.05, 4.69) is 14.9 Å². The molecule has 198 valence electrons. The molecule has 1 aliphatic rings. The van der Waals surface area contributed by atoms with Crippen LogP contribution in [0.1, 0.15) is 54.0 Å². The van der Waals surface area contributed by atoms with Gasteiger partial charge in [0.15, 0.2) is 0 Å². The van der Waals surface area contributed by atoms with Crippen LogP contribution in [0.15, 0.2) is 54.7 Å². The normalized spacial score (nSPS) is 14.3. The standard InChI is InChI=1S/C27H30F3N5O.CH4/c28-27(29,30)23-17-33-26(15-18-5-8-22(9-6-18)35-13-11-21(31)12-14-35)34-24(23)10-7-19-3-1-2-4-20(19)16-25(32)36;/h1-6,8-9,17,21H,7,10-16,31H2,(H2,32,36);1H4. The van der Waals surface area contributed by atoms with Crippen molar-refractivity contribution in [3.8, 4) is 0 Å². The fourth-order valence-corrected chi connectivity index (χ4v) is 4.55. The van der Waals surface area contributed by atoms with Gasteiger partial charge in [-0.1, -0.05) is 43.8 Å². The topological polar surface area (TPSA) is 98.1 Å². The number of alkyl halides is 3. The molecule has 37 heavy (non-hydrogen) atoms. The summed E-state index contributed by atoms with van der Waals surface area (Å²) in [5.41, 5.74) is 13.9. The Kier molecular flexibility index (Phi) is 9.26. The fourth-order valence-electron chi connectivity index (χ4n) is 4.55. The predicted molar refractivity (Wildman–Crippen MR) is 139 cm³/mol. The summed E-state index contributed by atoms with van der Waals surface area (Å²) in [5.74, 6) is -0.155. The Morgan fingerprint density at radius 1 is 1.00 bits per heavy atom. The minimum Gasteiger partial charge on any atom is -0.371 e. The van der Waals surface area contributed by atoms with Gasteiger partial charge in [-0.3, -0.25) is 4.79 Å². The number of carbonyl (C=O) groups excluding carboxylic acids is 1. The average molecular weight is 514 g/mol. The maximum atomic E-state index is 13.7. The van der Waals surface area contributed by atoms with Gasteiger partial charge in [0.2, 0.25) is 5.91 Å². The second-order valence-electron chi connectivity index (χ2n) is 9.22. The quantitative estimate of drug-likeness (QED) is 0.463. The fraction of sp³-hybridized carbons (Fsp3) is 0.393. The van der Waals surface area contributed by atoms with Crippen molar-refractivity contribution in [1.82, 2.24) is 9.97 Å². The average Bonchev–Trinajstić information content (AvgIpc) is 2.84. The molecule has 4 N–H and O–H groups in total. The largest absolute Gasteiger partial charge is 0.419 e. The molecule has 1 fully saturated rings. The number of nitrogens with two attached hydrogens (primary N) is 2. The van der Waals surface area contributed by atoms with E-state index in [1.807, 2.05) is 24.3 Å². The van der Waals surface area contributed by atoms with Crippen LogP contribution in [0.3, 0.4) is 0 Å². The number of rotatable bonds is 8. The van der Waals surface area contributed by atoms with E-state index in [4.69, 9.17) is 11.5 Å². The highest BCUT2D eigenvalue weighted by atomic mass is 19.4. The summed E-state index contributed by atoms with van der Waals surface area (Å²) < 4.78 is 41.0. The number of anilines is 1. The van der Waals surface area contributed by atoms with Gasteiger partial charge in [0.05, 0.1) is 17.7 Å². The van der Waals surface area contributed by atoms with Gasteiger partial charge in [0.1, 0.15) is 5.82 Å². The number of piperidine rings is 1. The summed E-state index contributed by atoms with van der Waals surface area (Å²) in [6.45, 7) is 1.82. The van der Waals surface area contributed by atoms with Crippen LogP contribution in [-0.2, 0) is 36.7 Å². The van der Waals surface area contributed by atoms with Crippen molar-refractivity contribution in [2.75, 3.05) is 18.0 Å². The molecule has 1 saturated heterocycles. The van der Waals surface area contributed by atoms with Crippen LogP contribution in [0.4, 0.5) is 18.9 Å². The predicted octanol–water partition coefficient (Wildman–Crippen LogP) is 4.46. The Bertz CT molecular complexity index is 1190. The molecule has 0 atom stereocenters. The van der Waals surface area contributed by atoms with Gasteiger partial charge in [-0.25, -0.2) is 9.97 Å². The van der Waals surface area contributed by atoms with E-state index in [0.717, 1.165) is 48.9 Å². The third-order valence-electron chi connectivity index (χ3n) is 6.54. The zero-order valence-electron chi connectivity index (χ0n) is 20.0. The van der Waals surface area contributed by atoms with E-state index in [1.165, 1.54) is 0 Å². The second-order valence-corrected chi connectivity index (χ2v) is 9.22. The van der Waals surface area contributed by atoms with E-state index in [1.54, 1.807) is 24.3 Å². The third kappa shape index (κ3) is 7.52. The smallest absolute Gasteiger partial charge is 0.371 e. The maximum absolute atomic E-state index is 13.7. The number of primary amides is 1. The molecular formula is C28H34F3N5O. The van der Waals surface area contributed by atoms with Crippen LogP contribution in [0, 0.1) is 0 Å².